The molecule has 0 atom stereocenters. The largest absolute Gasteiger partial charge is 0.481 e. The molecule has 176 valence electrons. The van der Waals surface area contributed by atoms with Gasteiger partial charge in [-0.25, -0.2) is 9.78 Å². The van der Waals surface area contributed by atoms with Gasteiger partial charge in [0.2, 0.25) is 11.8 Å². The van der Waals surface area contributed by atoms with Gasteiger partial charge in [-0.2, -0.15) is 0 Å². The quantitative estimate of drug-likeness (QED) is 0.471. The number of likely N-dealkylation sites (tertiary alicyclic amines) is 1. The van der Waals surface area contributed by atoms with E-state index < -0.39 is 0 Å². The average Bonchev–Trinajstić information content (AvgIpc) is 3.15. The number of hydrogen-bond acceptors (Lipinski definition) is 7. The summed E-state index contributed by atoms with van der Waals surface area (Å²) >= 11 is 0. The van der Waals surface area contributed by atoms with Crippen LogP contribution in [0.15, 0.2) is 51.8 Å². The average molecular weight is 462 g/mol. The standard InChI is InChI=1S/C25H27N5O4/c1-29-20-5-3-16(15-21(20)34-25(29)32)8-12-30-13-9-17(10-14-30)24(31)27-19-7-11-26-18-4-6-22(33-2)28-23(18)19/h3-7,11,15,17H,8-10,12-14H2,1-2H3,(H,26,27,31). The van der Waals surface area contributed by atoms with Crippen LogP contribution in [0, 0.1) is 5.92 Å². The fourth-order valence-corrected chi connectivity index (χ4v) is 4.50. The predicted molar refractivity (Wildman–Crippen MR) is 129 cm³/mol. The summed E-state index contributed by atoms with van der Waals surface area (Å²) in [7, 11) is 3.27. The van der Waals surface area contributed by atoms with E-state index in [1.54, 1.807) is 32.5 Å². The summed E-state index contributed by atoms with van der Waals surface area (Å²) in [6.07, 6.45) is 4.14. The molecule has 0 spiro atoms. The SMILES string of the molecule is COc1ccc2nccc(NC(=O)C3CCN(CCc4ccc5c(c4)oc(=O)n5C)CC3)c2n1. The van der Waals surface area contributed by atoms with E-state index in [9.17, 15) is 9.59 Å². The van der Waals surface area contributed by atoms with Gasteiger partial charge in [-0.3, -0.25) is 14.3 Å². The third-order valence-electron chi connectivity index (χ3n) is 6.56. The fraction of sp³-hybridized carbons (Fsp3) is 0.360. The van der Waals surface area contributed by atoms with Crippen molar-refractivity contribution in [2.45, 2.75) is 19.3 Å². The third-order valence-corrected chi connectivity index (χ3v) is 6.56. The van der Waals surface area contributed by atoms with Crippen LogP contribution >= 0.6 is 0 Å². The lowest BCUT2D eigenvalue weighted by Gasteiger charge is -2.31. The van der Waals surface area contributed by atoms with Gasteiger partial charge in [-0.1, -0.05) is 6.07 Å². The highest BCUT2D eigenvalue weighted by atomic mass is 16.5. The number of carbonyl (C=O) groups excluding carboxylic acids is 1. The number of benzene rings is 1. The minimum Gasteiger partial charge on any atom is -0.481 e. The number of carbonyl (C=O) groups is 1. The van der Waals surface area contributed by atoms with E-state index in [4.69, 9.17) is 9.15 Å². The highest BCUT2D eigenvalue weighted by Crippen LogP contribution is 2.25. The van der Waals surface area contributed by atoms with E-state index in [1.807, 2.05) is 24.3 Å². The summed E-state index contributed by atoms with van der Waals surface area (Å²) in [5.41, 5.74) is 4.54. The molecule has 34 heavy (non-hydrogen) atoms. The molecule has 1 aliphatic heterocycles. The summed E-state index contributed by atoms with van der Waals surface area (Å²) in [5.74, 6) is 0.112. The molecule has 0 aliphatic carbocycles. The second kappa shape index (κ2) is 9.26. The molecule has 1 N–H and O–H groups in total. The molecule has 1 aliphatic rings. The molecule has 0 radical (unpaired) electrons. The van der Waals surface area contributed by atoms with Gasteiger partial charge >= 0.3 is 5.76 Å². The predicted octanol–water partition coefficient (Wildman–Crippen LogP) is 2.98. The maximum Gasteiger partial charge on any atom is 0.419 e. The van der Waals surface area contributed by atoms with Crippen molar-refractivity contribution >= 4 is 33.7 Å². The van der Waals surface area contributed by atoms with E-state index in [2.05, 4.69) is 20.2 Å². The molecule has 0 bridgehead atoms. The number of methoxy groups -OCH3 is 1. The first-order valence-electron chi connectivity index (χ1n) is 11.4. The number of aromatic nitrogens is 3. The van der Waals surface area contributed by atoms with Gasteiger partial charge < -0.3 is 19.4 Å². The molecule has 9 heteroatoms. The van der Waals surface area contributed by atoms with Crippen molar-refractivity contribution in [1.82, 2.24) is 19.4 Å². The van der Waals surface area contributed by atoms with Crippen LogP contribution in [-0.4, -0.2) is 52.1 Å². The number of hydrogen-bond donors (Lipinski definition) is 1. The Kier molecular flexibility index (Phi) is 6.02. The van der Waals surface area contributed by atoms with Crippen molar-refractivity contribution in [3.8, 4) is 5.88 Å². The zero-order valence-corrected chi connectivity index (χ0v) is 19.3. The van der Waals surface area contributed by atoms with E-state index in [0.29, 0.717) is 28.2 Å². The van der Waals surface area contributed by atoms with Crippen molar-refractivity contribution in [1.29, 1.82) is 0 Å². The van der Waals surface area contributed by atoms with Crippen LogP contribution in [0.3, 0.4) is 0 Å². The van der Waals surface area contributed by atoms with Crippen LogP contribution in [0.1, 0.15) is 18.4 Å². The lowest BCUT2D eigenvalue weighted by atomic mass is 9.95. The summed E-state index contributed by atoms with van der Waals surface area (Å²) in [6, 6.07) is 11.3. The molecule has 9 nitrogen and oxygen atoms in total. The molecule has 0 unspecified atom stereocenters. The number of rotatable bonds is 6. The van der Waals surface area contributed by atoms with Gasteiger partial charge in [0, 0.05) is 31.8 Å². The lowest BCUT2D eigenvalue weighted by molar-refractivity contribution is -0.121. The Hall–Kier alpha value is -3.72. The number of nitrogens with one attached hydrogen (secondary N) is 1. The Labute approximate surface area is 196 Å². The second-order valence-electron chi connectivity index (χ2n) is 8.66. The molecule has 4 heterocycles. The van der Waals surface area contributed by atoms with Crippen LogP contribution in [0.5, 0.6) is 5.88 Å². The van der Waals surface area contributed by atoms with Crippen molar-refractivity contribution in [3.05, 3.63) is 58.7 Å². The van der Waals surface area contributed by atoms with Crippen LogP contribution in [0.25, 0.3) is 22.1 Å². The first kappa shape index (κ1) is 22.1. The summed E-state index contributed by atoms with van der Waals surface area (Å²) < 4.78 is 12.0. The van der Waals surface area contributed by atoms with Crippen LogP contribution in [-0.2, 0) is 18.3 Å². The maximum absolute atomic E-state index is 13.0. The third kappa shape index (κ3) is 4.38. The highest BCUT2D eigenvalue weighted by molar-refractivity contribution is 6.00. The number of anilines is 1. The zero-order valence-electron chi connectivity index (χ0n) is 19.3. The number of oxazole rings is 1. The van der Waals surface area contributed by atoms with Crippen LogP contribution < -0.4 is 15.8 Å². The molecule has 1 amide bonds. The number of piperidine rings is 1. The molecule has 1 fully saturated rings. The van der Waals surface area contributed by atoms with Gasteiger partial charge in [0.05, 0.1) is 23.8 Å². The van der Waals surface area contributed by atoms with E-state index in [1.165, 1.54) is 4.57 Å². The van der Waals surface area contributed by atoms with Gasteiger partial charge in [0.1, 0.15) is 5.52 Å². The molecule has 1 saturated heterocycles. The normalized spacial score (nSPS) is 15.1. The Morgan fingerprint density at radius 1 is 1.21 bits per heavy atom. The molecular formula is C25H27N5O4. The minimum absolute atomic E-state index is 0.0151. The van der Waals surface area contributed by atoms with Gasteiger partial charge in [-0.05, 0) is 62.2 Å². The van der Waals surface area contributed by atoms with Gasteiger partial charge in [0.25, 0.3) is 0 Å². The van der Waals surface area contributed by atoms with Crippen molar-refractivity contribution in [2.24, 2.45) is 13.0 Å². The van der Waals surface area contributed by atoms with Crippen LogP contribution in [0.2, 0.25) is 0 Å². The molecule has 4 aromatic rings. The molecule has 3 aromatic heterocycles. The number of fused-ring (bicyclic) bond motifs is 2. The number of ether oxygens (including phenoxy) is 1. The molecule has 0 saturated carbocycles. The van der Waals surface area contributed by atoms with Crippen molar-refractivity contribution < 1.29 is 13.9 Å². The van der Waals surface area contributed by atoms with Crippen molar-refractivity contribution in [2.75, 3.05) is 32.1 Å². The van der Waals surface area contributed by atoms with E-state index >= 15 is 0 Å². The fourth-order valence-electron chi connectivity index (χ4n) is 4.50. The number of nitrogens with zero attached hydrogens (tertiary/aromatic N) is 4. The lowest BCUT2D eigenvalue weighted by Crippen LogP contribution is -2.39. The zero-order chi connectivity index (χ0) is 23.7. The second-order valence-corrected chi connectivity index (χ2v) is 8.66. The van der Waals surface area contributed by atoms with Gasteiger partial charge in [-0.15, -0.1) is 0 Å². The molecule has 5 rings (SSSR count). The first-order chi connectivity index (χ1) is 16.5. The summed E-state index contributed by atoms with van der Waals surface area (Å²) in [4.78, 5) is 35.8. The van der Waals surface area contributed by atoms with E-state index in [-0.39, 0.29) is 17.6 Å². The Morgan fingerprint density at radius 3 is 2.82 bits per heavy atom. The maximum atomic E-state index is 13.0. The Bertz CT molecular complexity index is 1400. The number of aryl methyl sites for hydroxylation is 1. The highest BCUT2D eigenvalue weighted by Gasteiger charge is 2.25. The monoisotopic (exact) mass is 461 g/mol. The number of pyridine rings is 2. The topological polar surface area (TPSA) is 102 Å². The molecular weight excluding hydrogens is 434 g/mol. The van der Waals surface area contributed by atoms with Crippen LogP contribution in [0.4, 0.5) is 5.69 Å². The van der Waals surface area contributed by atoms with E-state index in [0.717, 1.165) is 50.0 Å². The molecule has 1 aromatic carbocycles. The Morgan fingerprint density at radius 2 is 2.03 bits per heavy atom. The number of amides is 1. The first-order valence-corrected chi connectivity index (χ1v) is 11.4. The summed E-state index contributed by atoms with van der Waals surface area (Å²) in [5, 5.41) is 3.05. The summed E-state index contributed by atoms with van der Waals surface area (Å²) in [6.45, 7) is 2.63. The van der Waals surface area contributed by atoms with Gasteiger partial charge in [0.15, 0.2) is 5.58 Å². The minimum atomic E-state index is -0.345. The van der Waals surface area contributed by atoms with Crippen molar-refractivity contribution in [3.63, 3.8) is 0 Å². The smallest absolute Gasteiger partial charge is 0.419 e. The Balaban J connectivity index is 1.17.